The molecule has 9 heteroatoms. The normalized spacial score (nSPS) is 18.7. The maximum Gasteiger partial charge on any atom is 0.317 e. The van der Waals surface area contributed by atoms with Crippen molar-refractivity contribution in [3.8, 4) is 11.3 Å². The molecule has 1 fully saturated rings. The number of benzene rings is 1. The maximum atomic E-state index is 14.1. The molecule has 0 aliphatic carbocycles. The van der Waals surface area contributed by atoms with E-state index in [0.717, 1.165) is 41.9 Å². The Balaban J connectivity index is 1.22. The van der Waals surface area contributed by atoms with E-state index < -0.39 is 11.6 Å². The zero-order valence-corrected chi connectivity index (χ0v) is 18.2. The van der Waals surface area contributed by atoms with Crippen LogP contribution in [0.2, 0.25) is 0 Å². The van der Waals surface area contributed by atoms with Crippen molar-refractivity contribution in [1.29, 1.82) is 0 Å². The van der Waals surface area contributed by atoms with Crippen molar-refractivity contribution in [2.45, 2.75) is 38.4 Å². The van der Waals surface area contributed by atoms with E-state index in [1.807, 2.05) is 17.0 Å². The first-order valence-corrected chi connectivity index (χ1v) is 11.3. The first kappa shape index (κ1) is 21.5. The molecule has 4 heterocycles. The van der Waals surface area contributed by atoms with Gasteiger partial charge in [-0.05, 0) is 43.7 Å². The number of fused-ring (bicyclic) bond motifs is 1. The number of rotatable bonds is 4. The van der Waals surface area contributed by atoms with Gasteiger partial charge in [0, 0.05) is 66.9 Å². The van der Waals surface area contributed by atoms with Crippen molar-refractivity contribution in [3.63, 3.8) is 0 Å². The van der Waals surface area contributed by atoms with Gasteiger partial charge >= 0.3 is 6.03 Å². The molecule has 0 bridgehead atoms. The fourth-order valence-electron chi connectivity index (χ4n) is 4.71. The van der Waals surface area contributed by atoms with Crippen molar-refractivity contribution < 1.29 is 13.6 Å². The van der Waals surface area contributed by atoms with E-state index in [2.05, 4.69) is 20.5 Å². The number of H-pyrrole nitrogens is 1. The van der Waals surface area contributed by atoms with Crippen molar-refractivity contribution in [2.24, 2.45) is 0 Å². The van der Waals surface area contributed by atoms with Gasteiger partial charge in [0.1, 0.15) is 11.6 Å². The number of carbonyl (C=O) groups excluding carboxylic acids is 1. The Bertz CT molecular complexity index is 1110. The molecule has 2 amide bonds. The fraction of sp³-hybridized carbons (Fsp3) is 0.375. The average Bonchev–Trinajstić information content (AvgIpc) is 3.26. The predicted octanol–water partition coefficient (Wildman–Crippen LogP) is 3.48. The summed E-state index contributed by atoms with van der Waals surface area (Å²) in [6.45, 7) is 2.59. The summed E-state index contributed by atoms with van der Waals surface area (Å²) in [6, 6.07) is 7.56. The van der Waals surface area contributed by atoms with E-state index >= 15 is 0 Å². The zero-order valence-electron chi connectivity index (χ0n) is 18.2. The first-order valence-electron chi connectivity index (χ1n) is 11.3. The SMILES string of the molecule is O=C(NC1CCCN(Cc2c(F)cccc2F)C1)N1CCc2[nH]nc(-c3ccncc3)c2C1. The summed E-state index contributed by atoms with van der Waals surface area (Å²) in [4.78, 5) is 20.9. The molecule has 33 heavy (non-hydrogen) atoms. The molecule has 1 saturated heterocycles. The van der Waals surface area contributed by atoms with E-state index in [-0.39, 0.29) is 24.2 Å². The lowest BCUT2D eigenvalue weighted by molar-refractivity contribution is 0.158. The number of aromatic amines is 1. The van der Waals surface area contributed by atoms with Crippen LogP contribution in [0.3, 0.4) is 0 Å². The largest absolute Gasteiger partial charge is 0.334 e. The second-order valence-corrected chi connectivity index (χ2v) is 8.66. The van der Waals surface area contributed by atoms with E-state index in [0.29, 0.717) is 26.1 Å². The van der Waals surface area contributed by atoms with Crippen LogP contribution in [0.5, 0.6) is 0 Å². The Kier molecular flexibility index (Phi) is 6.04. The number of halogens is 2. The van der Waals surface area contributed by atoms with Gasteiger partial charge < -0.3 is 10.2 Å². The lowest BCUT2D eigenvalue weighted by atomic mass is 10.0. The molecule has 2 aliphatic rings. The summed E-state index contributed by atoms with van der Waals surface area (Å²) in [7, 11) is 0. The van der Waals surface area contributed by atoms with E-state index in [9.17, 15) is 13.6 Å². The number of nitrogens with zero attached hydrogens (tertiary/aromatic N) is 4. The number of pyridine rings is 1. The van der Waals surface area contributed by atoms with Gasteiger partial charge in [0.15, 0.2) is 0 Å². The van der Waals surface area contributed by atoms with Crippen LogP contribution in [0, 0.1) is 11.6 Å². The van der Waals surface area contributed by atoms with Crippen molar-refractivity contribution in [1.82, 2.24) is 30.3 Å². The number of hydrogen-bond acceptors (Lipinski definition) is 4. The zero-order chi connectivity index (χ0) is 22.8. The van der Waals surface area contributed by atoms with Gasteiger partial charge in [0.25, 0.3) is 0 Å². The number of likely N-dealkylation sites (tertiary alicyclic amines) is 1. The van der Waals surface area contributed by atoms with Gasteiger partial charge in [-0.2, -0.15) is 5.10 Å². The molecule has 0 radical (unpaired) electrons. The maximum absolute atomic E-state index is 14.1. The minimum absolute atomic E-state index is 0.0634. The molecule has 2 N–H and O–H groups in total. The van der Waals surface area contributed by atoms with Gasteiger partial charge in [0.05, 0.1) is 12.2 Å². The minimum atomic E-state index is -0.532. The van der Waals surface area contributed by atoms with Crippen LogP contribution in [-0.4, -0.2) is 56.7 Å². The molecule has 2 aliphatic heterocycles. The number of carbonyl (C=O) groups is 1. The molecule has 1 atom stereocenters. The number of amides is 2. The average molecular weight is 453 g/mol. The first-order chi connectivity index (χ1) is 16.1. The molecular weight excluding hydrogens is 426 g/mol. The number of nitrogens with one attached hydrogen (secondary N) is 2. The molecule has 2 aromatic heterocycles. The second-order valence-electron chi connectivity index (χ2n) is 8.66. The van der Waals surface area contributed by atoms with Crippen LogP contribution >= 0.6 is 0 Å². The van der Waals surface area contributed by atoms with E-state index in [1.165, 1.54) is 18.2 Å². The van der Waals surface area contributed by atoms with Crippen molar-refractivity contribution in [3.05, 3.63) is 71.2 Å². The van der Waals surface area contributed by atoms with Gasteiger partial charge in [0.2, 0.25) is 0 Å². The molecule has 172 valence electrons. The molecule has 0 spiro atoms. The minimum Gasteiger partial charge on any atom is -0.334 e. The molecule has 1 aromatic carbocycles. The third kappa shape index (κ3) is 4.59. The van der Waals surface area contributed by atoms with E-state index in [1.54, 1.807) is 17.3 Å². The Morgan fingerprint density at radius 2 is 1.94 bits per heavy atom. The number of hydrogen-bond donors (Lipinski definition) is 2. The van der Waals surface area contributed by atoms with Crippen LogP contribution in [-0.2, 0) is 19.5 Å². The predicted molar refractivity (Wildman–Crippen MR) is 119 cm³/mol. The van der Waals surface area contributed by atoms with Crippen LogP contribution in [0.4, 0.5) is 13.6 Å². The Morgan fingerprint density at radius 1 is 1.15 bits per heavy atom. The highest BCUT2D eigenvalue weighted by atomic mass is 19.1. The summed E-state index contributed by atoms with van der Waals surface area (Å²) in [6.07, 6.45) is 5.87. The van der Waals surface area contributed by atoms with Gasteiger partial charge in [-0.3, -0.25) is 15.0 Å². The number of piperidine rings is 1. The highest BCUT2D eigenvalue weighted by Gasteiger charge is 2.29. The Morgan fingerprint density at radius 3 is 2.73 bits per heavy atom. The molecule has 3 aromatic rings. The summed E-state index contributed by atoms with van der Waals surface area (Å²) in [5.41, 5.74) is 3.98. The highest BCUT2D eigenvalue weighted by molar-refractivity contribution is 5.75. The molecule has 7 nitrogen and oxygen atoms in total. The van der Waals surface area contributed by atoms with Crippen molar-refractivity contribution >= 4 is 6.03 Å². The van der Waals surface area contributed by atoms with Crippen LogP contribution < -0.4 is 5.32 Å². The van der Waals surface area contributed by atoms with Crippen LogP contribution in [0.15, 0.2) is 42.7 Å². The van der Waals surface area contributed by atoms with Crippen LogP contribution in [0.1, 0.15) is 29.7 Å². The number of urea groups is 1. The van der Waals surface area contributed by atoms with Gasteiger partial charge in [-0.25, -0.2) is 13.6 Å². The fourth-order valence-corrected chi connectivity index (χ4v) is 4.71. The lowest BCUT2D eigenvalue weighted by Crippen LogP contribution is -2.52. The summed E-state index contributed by atoms with van der Waals surface area (Å²) < 4.78 is 28.1. The quantitative estimate of drug-likeness (QED) is 0.636. The third-order valence-corrected chi connectivity index (χ3v) is 6.45. The lowest BCUT2D eigenvalue weighted by Gasteiger charge is -2.35. The summed E-state index contributed by atoms with van der Waals surface area (Å²) in [5, 5.41) is 10.7. The van der Waals surface area contributed by atoms with Crippen molar-refractivity contribution in [2.75, 3.05) is 19.6 Å². The third-order valence-electron chi connectivity index (χ3n) is 6.45. The molecule has 5 rings (SSSR count). The standard InChI is InChI=1S/C24H26F2N6O/c25-20-4-1-5-21(26)18(20)14-31-11-2-3-17(13-31)28-24(33)32-12-8-22-19(15-32)23(30-29-22)16-6-9-27-10-7-16/h1,4-7,9-10,17H,2-3,8,11-15H2,(H,28,33)(H,29,30). The monoisotopic (exact) mass is 452 g/mol. The van der Waals surface area contributed by atoms with Crippen LogP contribution in [0.25, 0.3) is 11.3 Å². The highest BCUT2D eigenvalue weighted by Crippen LogP contribution is 2.28. The van der Waals surface area contributed by atoms with Gasteiger partial charge in [-0.15, -0.1) is 0 Å². The topological polar surface area (TPSA) is 77.2 Å². The summed E-state index contributed by atoms with van der Waals surface area (Å²) >= 11 is 0. The smallest absolute Gasteiger partial charge is 0.317 e. The summed E-state index contributed by atoms with van der Waals surface area (Å²) in [5.74, 6) is -1.06. The molecule has 1 unspecified atom stereocenters. The molecule has 0 saturated carbocycles. The van der Waals surface area contributed by atoms with E-state index in [4.69, 9.17) is 0 Å². The molecular formula is C24H26F2N6O. The van der Waals surface area contributed by atoms with Gasteiger partial charge in [-0.1, -0.05) is 6.07 Å². The number of aromatic nitrogens is 3. The Labute approximate surface area is 190 Å². The Hall–Kier alpha value is -3.33. The second kappa shape index (κ2) is 9.27.